The summed E-state index contributed by atoms with van der Waals surface area (Å²) < 4.78 is 33.8. The molecule has 2 heterocycles. The van der Waals surface area contributed by atoms with Crippen molar-refractivity contribution in [1.29, 1.82) is 0 Å². The number of nitrogens with one attached hydrogen (secondary N) is 2. The zero-order valence-electron chi connectivity index (χ0n) is 19.6. The fraction of sp³-hybridized carbons (Fsp3) is 0.296. The van der Waals surface area contributed by atoms with Crippen LogP contribution in [0.25, 0.3) is 0 Å². The molecule has 0 unspecified atom stereocenters. The standard InChI is InChI=1S/C27H27F2N3O4/c28-20-8-6-19(7-9-20)14-31-27(35)24-17-32(15-22-5-2-12-36-22)16-23(25(24)33)26(34)30-11-10-18-3-1-4-21(29)13-18/h1,3-4,6-9,13,16-17,22H,2,5,10-12,14-15H2,(H,30,34)(H,31,35)/t22-/m0/s1. The van der Waals surface area contributed by atoms with Crippen molar-refractivity contribution in [2.24, 2.45) is 0 Å². The Hall–Kier alpha value is -3.85. The van der Waals surface area contributed by atoms with Crippen LogP contribution in [-0.2, 0) is 24.2 Å². The summed E-state index contributed by atoms with van der Waals surface area (Å²) in [5.41, 5.74) is 0.337. The lowest BCUT2D eigenvalue weighted by atomic mass is 10.1. The van der Waals surface area contributed by atoms with Crippen LogP contribution in [-0.4, -0.2) is 35.6 Å². The third-order valence-corrected chi connectivity index (χ3v) is 5.96. The number of amides is 2. The summed E-state index contributed by atoms with van der Waals surface area (Å²) in [5.74, 6) is -2.01. The second kappa shape index (κ2) is 11.7. The van der Waals surface area contributed by atoms with Crippen LogP contribution < -0.4 is 16.1 Å². The number of hydrogen-bond acceptors (Lipinski definition) is 4. The Kier molecular flexibility index (Phi) is 8.22. The molecule has 0 radical (unpaired) electrons. The molecule has 2 amide bonds. The lowest BCUT2D eigenvalue weighted by Crippen LogP contribution is -2.36. The van der Waals surface area contributed by atoms with Crippen LogP contribution in [0.2, 0.25) is 0 Å². The van der Waals surface area contributed by atoms with Gasteiger partial charge in [0.15, 0.2) is 0 Å². The molecule has 0 aliphatic carbocycles. The second-order valence-electron chi connectivity index (χ2n) is 8.69. The molecule has 1 aliphatic heterocycles. The van der Waals surface area contributed by atoms with Gasteiger partial charge in [-0.05, 0) is 54.7 Å². The number of aromatic nitrogens is 1. The summed E-state index contributed by atoms with van der Waals surface area (Å²) in [6, 6.07) is 11.7. The molecule has 1 saturated heterocycles. The van der Waals surface area contributed by atoms with E-state index in [-0.39, 0.29) is 36.1 Å². The van der Waals surface area contributed by atoms with E-state index >= 15 is 0 Å². The molecule has 1 aliphatic rings. The van der Waals surface area contributed by atoms with Crippen LogP contribution in [0.3, 0.4) is 0 Å². The molecule has 188 valence electrons. The minimum atomic E-state index is -0.696. The summed E-state index contributed by atoms with van der Waals surface area (Å²) >= 11 is 0. The van der Waals surface area contributed by atoms with Gasteiger partial charge in [0, 0.05) is 38.6 Å². The molecule has 0 saturated carbocycles. The van der Waals surface area contributed by atoms with Gasteiger partial charge >= 0.3 is 0 Å². The minimum Gasteiger partial charge on any atom is -0.376 e. The number of carbonyl (C=O) groups excluding carboxylic acids is 2. The fourth-order valence-electron chi connectivity index (χ4n) is 4.07. The first kappa shape index (κ1) is 25.2. The van der Waals surface area contributed by atoms with Crippen LogP contribution in [0.15, 0.2) is 65.7 Å². The van der Waals surface area contributed by atoms with Gasteiger partial charge in [0.05, 0.1) is 6.10 Å². The summed E-state index contributed by atoms with van der Waals surface area (Å²) in [5, 5.41) is 5.34. The normalized spacial score (nSPS) is 15.0. The van der Waals surface area contributed by atoms with Crippen molar-refractivity contribution in [3.8, 4) is 0 Å². The maximum Gasteiger partial charge on any atom is 0.257 e. The predicted octanol–water partition coefficient (Wildman–Crippen LogP) is 3.21. The summed E-state index contributed by atoms with van der Waals surface area (Å²) in [6.07, 6.45) is 4.92. The first-order valence-corrected chi connectivity index (χ1v) is 11.8. The van der Waals surface area contributed by atoms with Crippen molar-refractivity contribution in [2.45, 2.75) is 38.5 Å². The Balaban J connectivity index is 1.51. The Morgan fingerprint density at radius 3 is 2.33 bits per heavy atom. The third kappa shape index (κ3) is 6.63. The Labute approximate surface area is 207 Å². The smallest absolute Gasteiger partial charge is 0.257 e. The lowest BCUT2D eigenvalue weighted by Gasteiger charge is -2.16. The molecule has 1 atom stereocenters. The third-order valence-electron chi connectivity index (χ3n) is 5.96. The van der Waals surface area contributed by atoms with Gasteiger partial charge in [-0.2, -0.15) is 0 Å². The highest BCUT2D eigenvalue weighted by atomic mass is 19.1. The van der Waals surface area contributed by atoms with Gasteiger partial charge in [0.1, 0.15) is 22.8 Å². The topological polar surface area (TPSA) is 89.4 Å². The molecule has 2 aromatic carbocycles. The maximum absolute atomic E-state index is 13.4. The predicted molar refractivity (Wildman–Crippen MR) is 130 cm³/mol. The minimum absolute atomic E-state index is 0.0773. The van der Waals surface area contributed by atoms with E-state index in [0.717, 1.165) is 12.8 Å². The monoisotopic (exact) mass is 495 g/mol. The van der Waals surface area contributed by atoms with E-state index in [2.05, 4.69) is 10.6 Å². The largest absolute Gasteiger partial charge is 0.376 e. The van der Waals surface area contributed by atoms with Crippen molar-refractivity contribution >= 4 is 11.8 Å². The van der Waals surface area contributed by atoms with Crippen LogP contribution in [0, 0.1) is 11.6 Å². The maximum atomic E-state index is 13.4. The van der Waals surface area contributed by atoms with Gasteiger partial charge in [-0.15, -0.1) is 0 Å². The number of hydrogen-bond donors (Lipinski definition) is 2. The van der Waals surface area contributed by atoms with Crippen LogP contribution in [0.5, 0.6) is 0 Å². The van der Waals surface area contributed by atoms with E-state index in [0.29, 0.717) is 30.7 Å². The fourth-order valence-corrected chi connectivity index (χ4v) is 4.07. The second-order valence-corrected chi connectivity index (χ2v) is 8.69. The van der Waals surface area contributed by atoms with Crippen molar-refractivity contribution in [1.82, 2.24) is 15.2 Å². The highest BCUT2D eigenvalue weighted by Gasteiger charge is 2.22. The number of ether oxygens (including phenoxy) is 1. The molecular formula is C27H27F2N3O4. The first-order chi connectivity index (χ1) is 17.4. The van der Waals surface area contributed by atoms with Crippen molar-refractivity contribution in [3.05, 3.63) is 105 Å². The molecule has 0 bridgehead atoms. The van der Waals surface area contributed by atoms with Crippen LogP contribution >= 0.6 is 0 Å². The highest BCUT2D eigenvalue weighted by molar-refractivity contribution is 5.99. The van der Waals surface area contributed by atoms with Crippen molar-refractivity contribution in [2.75, 3.05) is 13.2 Å². The number of halogens is 2. The number of benzene rings is 2. The van der Waals surface area contributed by atoms with E-state index in [1.807, 2.05) is 0 Å². The van der Waals surface area contributed by atoms with Gasteiger partial charge in [0.2, 0.25) is 5.43 Å². The molecule has 36 heavy (non-hydrogen) atoms. The molecular weight excluding hydrogens is 468 g/mol. The van der Waals surface area contributed by atoms with E-state index < -0.39 is 23.1 Å². The quantitative estimate of drug-likeness (QED) is 0.477. The Bertz CT molecular complexity index is 1280. The molecule has 0 spiro atoms. The first-order valence-electron chi connectivity index (χ1n) is 11.8. The molecule has 9 heteroatoms. The zero-order valence-corrected chi connectivity index (χ0v) is 19.6. The molecule has 4 rings (SSSR count). The number of pyridine rings is 1. The van der Waals surface area contributed by atoms with Crippen LogP contribution in [0.1, 0.15) is 44.7 Å². The van der Waals surface area contributed by atoms with E-state index in [9.17, 15) is 23.2 Å². The summed E-state index contributed by atoms with van der Waals surface area (Å²) in [4.78, 5) is 38.9. The summed E-state index contributed by atoms with van der Waals surface area (Å²) in [7, 11) is 0. The van der Waals surface area contributed by atoms with E-state index in [1.54, 1.807) is 16.7 Å². The van der Waals surface area contributed by atoms with Gasteiger partial charge in [-0.25, -0.2) is 8.78 Å². The lowest BCUT2D eigenvalue weighted by molar-refractivity contribution is 0.0925. The Morgan fingerprint density at radius 1 is 0.944 bits per heavy atom. The van der Waals surface area contributed by atoms with Gasteiger partial charge in [-0.3, -0.25) is 14.4 Å². The summed E-state index contributed by atoms with van der Waals surface area (Å²) in [6.45, 7) is 1.31. The molecule has 1 aromatic heterocycles. The average Bonchev–Trinajstić information content (AvgIpc) is 3.37. The average molecular weight is 496 g/mol. The number of rotatable bonds is 9. The number of carbonyl (C=O) groups is 2. The van der Waals surface area contributed by atoms with E-state index in [1.165, 1.54) is 48.8 Å². The van der Waals surface area contributed by atoms with Gasteiger partial charge in [-0.1, -0.05) is 24.3 Å². The number of nitrogens with zero attached hydrogens (tertiary/aromatic N) is 1. The Morgan fingerprint density at radius 2 is 1.67 bits per heavy atom. The zero-order chi connectivity index (χ0) is 25.5. The SMILES string of the molecule is O=C(NCCc1cccc(F)c1)c1cn(C[C@@H]2CCCO2)cc(C(=O)NCc2ccc(F)cc2)c1=O. The van der Waals surface area contributed by atoms with Crippen molar-refractivity contribution in [3.63, 3.8) is 0 Å². The van der Waals surface area contributed by atoms with Gasteiger partial charge in [0.25, 0.3) is 11.8 Å². The van der Waals surface area contributed by atoms with Crippen molar-refractivity contribution < 1.29 is 23.1 Å². The van der Waals surface area contributed by atoms with Crippen LogP contribution in [0.4, 0.5) is 8.78 Å². The molecule has 1 fully saturated rings. The highest BCUT2D eigenvalue weighted by Crippen LogP contribution is 2.14. The molecule has 3 aromatic rings. The van der Waals surface area contributed by atoms with Gasteiger partial charge < -0.3 is 19.9 Å². The molecule has 2 N–H and O–H groups in total. The molecule has 7 nitrogen and oxygen atoms in total. The van der Waals surface area contributed by atoms with E-state index in [4.69, 9.17) is 4.74 Å².